The summed E-state index contributed by atoms with van der Waals surface area (Å²) in [4.78, 5) is 64.4. The number of ether oxygens (including phenoxy) is 2. The second kappa shape index (κ2) is 24.0. The summed E-state index contributed by atoms with van der Waals surface area (Å²) >= 11 is 0. The van der Waals surface area contributed by atoms with Crippen LogP contribution in [0.15, 0.2) is 54.7 Å². The van der Waals surface area contributed by atoms with Crippen LogP contribution in [-0.2, 0) is 63.9 Å². The topological polar surface area (TPSA) is 291 Å². The van der Waals surface area contributed by atoms with Gasteiger partial charge in [0.15, 0.2) is 17.2 Å². The molecule has 7 heterocycles. The molecule has 1 spiro atoms. The largest absolute Gasteiger partial charge is 0.496 e. The number of para-hydroxylation sites is 1. The van der Waals surface area contributed by atoms with E-state index in [1.807, 2.05) is 31.0 Å². The lowest BCUT2D eigenvalue weighted by atomic mass is 9.47. The number of H-pyrrole nitrogens is 1. The summed E-state index contributed by atoms with van der Waals surface area (Å²) in [6, 6.07) is 10.7. The smallest absolute Gasteiger partial charge is 0.407 e. The number of nitrogens with zero attached hydrogens (tertiary/aromatic N) is 6. The molecule has 2 saturated heterocycles. The Bertz CT molecular complexity index is 3250. The maximum absolute atomic E-state index is 15.2. The number of anilines is 1. The van der Waals surface area contributed by atoms with Gasteiger partial charge in [0, 0.05) is 127 Å². The normalized spacial score (nSPS) is 30.3. The van der Waals surface area contributed by atoms with Crippen molar-refractivity contribution < 1.29 is 61.1 Å². The molecule has 7 N–H and O–H groups in total. The van der Waals surface area contributed by atoms with Crippen LogP contribution in [0.2, 0.25) is 0 Å². The highest BCUT2D eigenvalue weighted by Gasteiger charge is 2.78. The molecule has 452 valence electrons. The molecule has 10 rings (SSSR count). The number of piperidine rings is 1. The maximum Gasteiger partial charge on any atom is 0.407 e. The number of carbonyl (C=O) groups excluding carboxylic acids is 4. The molecule has 2 amide bonds. The Balaban J connectivity index is 0.830. The molecule has 2 aromatic carbocycles. The quantitative estimate of drug-likeness (QED) is 0.0236. The Labute approximate surface area is 492 Å². The molecule has 22 nitrogen and oxygen atoms in total. The zero-order valence-electron chi connectivity index (χ0n) is 48.1. The van der Waals surface area contributed by atoms with Crippen LogP contribution in [0.4, 0.5) is 10.5 Å². The second-order valence-corrected chi connectivity index (χ2v) is 27.7. The van der Waals surface area contributed by atoms with Crippen LogP contribution in [0.1, 0.15) is 101 Å². The number of ketones is 2. The van der Waals surface area contributed by atoms with E-state index >= 15 is 4.79 Å². The van der Waals surface area contributed by atoms with E-state index in [0.29, 0.717) is 74.7 Å². The van der Waals surface area contributed by atoms with Gasteiger partial charge in [-0.3, -0.25) is 28.7 Å². The van der Waals surface area contributed by atoms with Crippen LogP contribution in [0, 0.1) is 11.3 Å². The summed E-state index contributed by atoms with van der Waals surface area (Å²) in [6.45, 7) is 10.3. The minimum Gasteiger partial charge on any atom is -0.496 e. The van der Waals surface area contributed by atoms with Gasteiger partial charge in [-0.1, -0.05) is 71.0 Å². The molecule has 6 aliphatic rings. The van der Waals surface area contributed by atoms with Crippen molar-refractivity contribution in [3.05, 3.63) is 82.8 Å². The van der Waals surface area contributed by atoms with E-state index in [1.54, 1.807) is 7.11 Å². The van der Waals surface area contributed by atoms with Gasteiger partial charge >= 0.3 is 16.5 Å². The number of aromatic amines is 1. The van der Waals surface area contributed by atoms with Gasteiger partial charge < -0.3 is 45.3 Å². The number of methoxy groups -OCH3 is 1. The predicted molar refractivity (Wildman–Crippen MR) is 315 cm³/mol. The summed E-state index contributed by atoms with van der Waals surface area (Å²) in [5, 5.41) is 52.8. The van der Waals surface area contributed by atoms with E-state index in [9.17, 15) is 38.1 Å². The number of aliphatic hydroxyl groups excluding tert-OH is 1. The first kappa shape index (κ1) is 61.0. The molecule has 1 unspecified atom stereocenters. The average molecular weight is 1210 g/mol. The third kappa shape index (κ3) is 11.4. The summed E-state index contributed by atoms with van der Waals surface area (Å²) in [5.74, 6) is 0.444. The Morgan fingerprint density at radius 1 is 1.01 bits per heavy atom. The highest BCUT2D eigenvalue weighted by molar-refractivity contribution is 8.76. The van der Waals surface area contributed by atoms with Gasteiger partial charge in [-0.25, -0.2) is 13.7 Å². The number of amides is 2. The molecule has 1 aliphatic carbocycles. The number of carbonyl (C=O) groups is 4. The summed E-state index contributed by atoms with van der Waals surface area (Å²) in [7, 11) is 1.88. The van der Waals surface area contributed by atoms with Gasteiger partial charge in [-0.15, -0.1) is 5.10 Å². The molecular formula is C58H79N9O13S3. The number of aliphatic hydroxyl groups is 3. The number of benzene rings is 2. The van der Waals surface area contributed by atoms with E-state index < -0.39 is 80.4 Å². The maximum atomic E-state index is 15.2. The van der Waals surface area contributed by atoms with Gasteiger partial charge in [-0.05, 0) is 87.6 Å². The average Bonchev–Trinajstić information content (AvgIpc) is 1.58. The number of alkyl carbamates (subject to hydrolysis) is 1. The number of likely N-dealkylation sites (N-methyl/N-ethyl adjacent to an activating group) is 1. The Kier molecular flexibility index (Phi) is 17.6. The SMILES string of the molecule is CC[C@]1(O)C[C@H]2CN(CCc3c([nH]c4ccccc34)[C@@](C)(c3cc4c(cc3OC)N(C)[C@H]3[C@@](O)(C(=O)CNC(=O)OCCSSCCCC(=O)[C@H](Cc5cn(CCOS(=O)(=O)O)nn5)NC(C)=O)[C@H](O)[C@]5(CC)C=CCN6CC[C@]43[C@@H]65)C2)C1. The zero-order valence-corrected chi connectivity index (χ0v) is 50.5. The van der Waals surface area contributed by atoms with Crippen molar-refractivity contribution in [2.24, 2.45) is 11.3 Å². The van der Waals surface area contributed by atoms with E-state index in [0.717, 1.165) is 54.0 Å². The first-order valence-electron chi connectivity index (χ1n) is 28.9. The second-order valence-electron chi connectivity index (χ2n) is 23.9. The van der Waals surface area contributed by atoms with Crippen molar-refractivity contribution in [2.75, 3.05) is 83.0 Å². The molecular weight excluding hydrogens is 1130 g/mol. The minimum absolute atomic E-state index is 0.00332. The first-order chi connectivity index (χ1) is 39.5. The minimum atomic E-state index is -4.61. The van der Waals surface area contributed by atoms with Crippen LogP contribution in [0.3, 0.4) is 0 Å². The molecule has 2 aromatic heterocycles. The van der Waals surface area contributed by atoms with Crippen LogP contribution < -0.4 is 20.3 Å². The molecule has 11 atom stereocenters. The summed E-state index contributed by atoms with van der Waals surface area (Å²) < 4.78 is 48.0. The number of fused-ring (bicyclic) bond motifs is 6. The van der Waals surface area contributed by atoms with Crippen LogP contribution >= 0.6 is 21.6 Å². The Morgan fingerprint density at radius 3 is 2.54 bits per heavy atom. The van der Waals surface area contributed by atoms with Gasteiger partial charge in [0.2, 0.25) is 5.91 Å². The van der Waals surface area contributed by atoms with Gasteiger partial charge in [-0.2, -0.15) is 8.42 Å². The lowest BCUT2D eigenvalue weighted by Crippen LogP contribution is -2.81. The van der Waals surface area contributed by atoms with E-state index in [1.165, 1.54) is 50.3 Å². The van der Waals surface area contributed by atoms with Crippen LogP contribution in [0.25, 0.3) is 10.9 Å². The highest BCUT2D eigenvalue weighted by atomic mass is 33.1. The van der Waals surface area contributed by atoms with E-state index in [4.69, 9.17) is 14.0 Å². The van der Waals surface area contributed by atoms with Crippen LogP contribution in [0.5, 0.6) is 5.75 Å². The molecule has 5 aliphatic heterocycles. The Morgan fingerprint density at radius 2 is 1.80 bits per heavy atom. The fourth-order valence-electron chi connectivity index (χ4n) is 15.6. The third-order valence-electron chi connectivity index (χ3n) is 19.0. The molecule has 25 heteroatoms. The van der Waals surface area contributed by atoms with Gasteiger partial charge in [0.1, 0.15) is 18.5 Å². The number of Topliss-reactive ketones (excluding diaryl/α,β-unsaturated/α-hetero) is 2. The lowest BCUT2D eigenvalue weighted by molar-refractivity contribution is -0.201. The van der Waals surface area contributed by atoms with Crippen molar-refractivity contribution in [1.82, 2.24) is 40.4 Å². The van der Waals surface area contributed by atoms with Gasteiger partial charge in [0.25, 0.3) is 0 Å². The molecule has 4 aromatic rings. The molecule has 2 bridgehead atoms. The van der Waals surface area contributed by atoms with Crippen molar-refractivity contribution >= 4 is 72.1 Å². The van der Waals surface area contributed by atoms with Crippen molar-refractivity contribution in [3.8, 4) is 5.75 Å². The fraction of sp³-hybridized carbons (Fsp3) is 0.621. The number of hydrogen-bond donors (Lipinski definition) is 7. The highest BCUT2D eigenvalue weighted by Crippen LogP contribution is 2.67. The van der Waals surface area contributed by atoms with E-state index in [2.05, 4.69) is 90.2 Å². The monoisotopic (exact) mass is 1210 g/mol. The number of aromatic nitrogens is 4. The van der Waals surface area contributed by atoms with Crippen molar-refractivity contribution in [2.45, 2.75) is 138 Å². The standard InChI is InChI=1S/C58H79N9O13S3/c1-7-55(73)31-37-30-54(4,49-40(16-20-65(33-37)35-55)39-13-9-10-14-43(39)61-49)42-28-41-45(29-47(42)78-6)64(5)51-57(41)18-21-66-19-12-17-56(8-2,50(57)66)52(71)58(51,74)48(70)32-59-53(72)79-24-26-82-81-25-11-15-46(69)44(60-36(3)68)27-38-34-67(63-62-38)22-23-80-83(75,76)77/h9-10,12-14,17,28-29,34,37,44,50-52,61,71,73-74H,7-8,11,15-16,18-27,30-33,35H2,1-6H3,(H,59,72)(H,60,68)(H,75,76,77)/t37-,44-,50-,51+,52+,54+,55-,56+,57+,58-/m0/s1. The molecule has 1 saturated carbocycles. The third-order valence-corrected chi connectivity index (χ3v) is 21.9. The Hall–Kier alpha value is -5.09. The molecule has 0 radical (unpaired) electrons. The van der Waals surface area contributed by atoms with Gasteiger partial charge in [0.05, 0.1) is 50.2 Å². The lowest BCUT2D eigenvalue weighted by Gasteiger charge is -2.63. The number of rotatable bonds is 23. The van der Waals surface area contributed by atoms with E-state index in [-0.39, 0.29) is 50.3 Å². The summed E-state index contributed by atoms with van der Waals surface area (Å²) in [6.07, 6.45) is 7.74. The van der Waals surface area contributed by atoms with Crippen LogP contribution in [-0.4, -0.2) is 195 Å². The number of nitrogens with one attached hydrogen (secondary N) is 3. The molecule has 83 heavy (non-hydrogen) atoms. The number of hydrogen-bond acceptors (Lipinski definition) is 19. The van der Waals surface area contributed by atoms with Crippen molar-refractivity contribution in [3.63, 3.8) is 0 Å². The molecule has 3 fully saturated rings. The first-order valence-corrected chi connectivity index (χ1v) is 32.7. The zero-order chi connectivity index (χ0) is 59.3. The summed E-state index contributed by atoms with van der Waals surface area (Å²) in [5.41, 5.74) is 0.826. The fourth-order valence-corrected chi connectivity index (χ4v) is 17.8. The van der Waals surface area contributed by atoms with Crippen molar-refractivity contribution in [1.29, 1.82) is 0 Å². The predicted octanol–water partition coefficient (Wildman–Crippen LogP) is 4.28.